The van der Waals surface area contributed by atoms with Crippen molar-refractivity contribution in [1.29, 1.82) is 0 Å². The molecule has 0 aromatic heterocycles. The van der Waals surface area contributed by atoms with Gasteiger partial charge in [0.05, 0.1) is 4.90 Å². The second kappa shape index (κ2) is 3.86. The number of benzene rings is 1. The summed E-state index contributed by atoms with van der Waals surface area (Å²) < 4.78 is 22.9. The molecule has 1 rings (SSSR count). The first-order valence-corrected chi connectivity index (χ1v) is 6.72. The quantitative estimate of drug-likeness (QED) is 0.819. The van der Waals surface area contributed by atoms with E-state index in [1.807, 2.05) is 33.8 Å². The molecule has 0 heterocycles. The van der Waals surface area contributed by atoms with Gasteiger partial charge in [0, 0.05) is 0 Å². The molecule has 1 aromatic rings. The van der Waals surface area contributed by atoms with Crippen LogP contribution in [0, 0.1) is 13.8 Å². The SMILES string of the molecule is Cc1cc(C(C)(C)C)cc(S(N)(=O)=O)c1C. The molecule has 0 saturated heterocycles. The summed E-state index contributed by atoms with van der Waals surface area (Å²) in [6.45, 7) is 9.82. The molecule has 0 fully saturated rings. The zero-order valence-electron chi connectivity index (χ0n) is 10.5. The van der Waals surface area contributed by atoms with Gasteiger partial charge in [-0.05, 0) is 42.0 Å². The van der Waals surface area contributed by atoms with Crippen LogP contribution in [0.3, 0.4) is 0 Å². The van der Waals surface area contributed by atoms with Crippen LogP contribution in [0.25, 0.3) is 0 Å². The Morgan fingerprint density at radius 1 is 1.12 bits per heavy atom. The topological polar surface area (TPSA) is 60.2 Å². The van der Waals surface area contributed by atoms with Gasteiger partial charge in [0.25, 0.3) is 0 Å². The number of hydrogen-bond acceptors (Lipinski definition) is 2. The van der Waals surface area contributed by atoms with E-state index in [0.717, 1.165) is 16.7 Å². The molecule has 0 unspecified atom stereocenters. The van der Waals surface area contributed by atoms with Gasteiger partial charge in [-0.25, -0.2) is 13.6 Å². The van der Waals surface area contributed by atoms with Gasteiger partial charge in [-0.15, -0.1) is 0 Å². The summed E-state index contributed by atoms with van der Waals surface area (Å²) in [7, 11) is -3.64. The minimum absolute atomic E-state index is 0.0854. The summed E-state index contributed by atoms with van der Waals surface area (Å²) in [6.07, 6.45) is 0. The van der Waals surface area contributed by atoms with Crippen molar-refractivity contribution in [3.8, 4) is 0 Å². The lowest BCUT2D eigenvalue weighted by Gasteiger charge is -2.21. The standard InChI is InChI=1S/C12H19NO2S/c1-8-6-10(12(3,4)5)7-11(9(8)2)16(13,14)15/h6-7H,1-5H3,(H2,13,14,15). The molecule has 0 radical (unpaired) electrons. The Hall–Kier alpha value is -0.870. The maximum atomic E-state index is 11.5. The average molecular weight is 241 g/mol. The molecule has 16 heavy (non-hydrogen) atoms. The van der Waals surface area contributed by atoms with E-state index in [2.05, 4.69) is 0 Å². The fourth-order valence-electron chi connectivity index (χ4n) is 1.56. The van der Waals surface area contributed by atoms with Crippen molar-refractivity contribution in [2.75, 3.05) is 0 Å². The first kappa shape index (κ1) is 13.2. The number of hydrogen-bond donors (Lipinski definition) is 1. The van der Waals surface area contributed by atoms with E-state index in [-0.39, 0.29) is 10.3 Å². The molecule has 2 N–H and O–H groups in total. The van der Waals surface area contributed by atoms with E-state index in [0.29, 0.717) is 0 Å². The Morgan fingerprint density at radius 2 is 1.62 bits per heavy atom. The third kappa shape index (κ3) is 2.62. The molecule has 3 nitrogen and oxygen atoms in total. The minimum atomic E-state index is -3.64. The molecule has 0 saturated carbocycles. The first-order chi connectivity index (χ1) is 7.03. The third-order valence-corrected chi connectivity index (χ3v) is 3.83. The van der Waals surface area contributed by atoms with Crippen molar-refractivity contribution in [2.24, 2.45) is 5.14 Å². The van der Waals surface area contributed by atoms with Crippen molar-refractivity contribution >= 4 is 10.0 Å². The lowest BCUT2D eigenvalue weighted by Crippen LogP contribution is -2.18. The number of rotatable bonds is 1. The molecule has 0 atom stereocenters. The van der Waals surface area contributed by atoms with E-state index >= 15 is 0 Å². The van der Waals surface area contributed by atoms with Crippen LogP contribution in [0.4, 0.5) is 0 Å². The molecule has 1 aromatic carbocycles. The molecular formula is C12H19NO2S. The van der Waals surface area contributed by atoms with Gasteiger partial charge in [-0.1, -0.05) is 26.8 Å². The highest BCUT2D eigenvalue weighted by molar-refractivity contribution is 7.89. The molecule has 4 heteroatoms. The number of primary sulfonamides is 1. The van der Waals surface area contributed by atoms with Gasteiger partial charge < -0.3 is 0 Å². The van der Waals surface area contributed by atoms with Gasteiger partial charge in [0.1, 0.15) is 0 Å². The van der Waals surface area contributed by atoms with Crippen LogP contribution < -0.4 is 5.14 Å². The van der Waals surface area contributed by atoms with Crippen molar-refractivity contribution < 1.29 is 8.42 Å². The monoisotopic (exact) mass is 241 g/mol. The summed E-state index contributed by atoms with van der Waals surface area (Å²) in [4.78, 5) is 0.234. The van der Waals surface area contributed by atoms with Crippen LogP contribution in [0.15, 0.2) is 17.0 Å². The van der Waals surface area contributed by atoms with Crippen LogP contribution in [0.2, 0.25) is 0 Å². The molecule has 0 amide bonds. The minimum Gasteiger partial charge on any atom is -0.225 e. The lowest BCUT2D eigenvalue weighted by molar-refractivity contribution is 0.582. The van der Waals surface area contributed by atoms with Crippen LogP contribution in [-0.2, 0) is 15.4 Å². The maximum absolute atomic E-state index is 11.5. The fourth-order valence-corrected chi connectivity index (χ4v) is 2.43. The normalized spacial score (nSPS) is 12.9. The Morgan fingerprint density at radius 3 is 2.00 bits per heavy atom. The molecule has 0 aliphatic rings. The van der Waals surface area contributed by atoms with E-state index in [4.69, 9.17) is 5.14 Å². The van der Waals surface area contributed by atoms with E-state index in [9.17, 15) is 8.42 Å². The summed E-state index contributed by atoms with van der Waals surface area (Å²) in [5.41, 5.74) is 2.59. The van der Waals surface area contributed by atoms with Crippen molar-refractivity contribution in [1.82, 2.24) is 0 Å². The van der Waals surface area contributed by atoms with Gasteiger partial charge in [-0.2, -0.15) is 0 Å². The van der Waals surface area contributed by atoms with Gasteiger partial charge in [0.15, 0.2) is 0 Å². The van der Waals surface area contributed by atoms with Gasteiger partial charge >= 0.3 is 0 Å². The smallest absolute Gasteiger partial charge is 0.225 e. The molecule has 0 bridgehead atoms. The summed E-state index contributed by atoms with van der Waals surface area (Å²) >= 11 is 0. The van der Waals surface area contributed by atoms with Crippen molar-refractivity contribution in [3.05, 3.63) is 28.8 Å². The highest BCUT2D eigenvalue weighted by Crippen LogP contribution is 2.28. The van der Waals surface area contributed by atoms with Crippen molar-refractivity contribution in [3.63, 3.8) is 0 Å². The third-order valence-electron chi connectivity index (χ3n) is 2.79. The maximum Gasteiger partial charge on any atom is 0.238 e. The molecular weight excluding hydrogens is 222 g/mol. The van der Waals surface area contributed by atoms with Gasteiger partial charge in [-0.3, -0.25) is 0 Å². The predicted molar refractivity (Wildman–Crippen MR) is 66.0 cm³/mol. The summed E-state index contributed by atoms with van der Waals surface area (Å²) in [5, 5.41) is 5.21. The Bertz CT molecular complexity index is 511. The highest BCUT2D eigenvalue weighted by atomic mass is 32.2. The lowest BCUT2D eigenvalue weighted by atomic mass is 9.85. The van der Waals surface area contributed by atoms with Crippen LogP contribution in [0.5, 0.6) is 0 Å². The van der Waals surface area contributed by atoms with Crippen LogP contribution >= 0.6 is 0 Å². The number of nitrogens with two attached hydrogens (primary N) is 1. The van der Waals surface area contributed by atoms with Crippen LogP contribution in [-0.4, -0.2) is 8.42 Å². The molecule has 0 aliphatic carbocycles. The van der Waals surface area contributed by atoms with Crippen LogP contribution in [0.1, 0.15) is 37.5 Å². The second-order valence-corrected chi connectivity index (χ2v) is 6.74. The summed E-state index contributed by atoms with van der Waals surface area (Å²) in [6, 6.07) is 3.70. The Labute approximate surface area is 97.7 Å². The average Bonchev–Trinajstić information content (AvgIpc) is 2.05. The van der Waals surface area contributed by atoms with Gasteiger partial charge in [0.2, 0.25) is 10.0 Å². The molecule has 0 spiro atoms. The van der Waals surface area contributed by atoms with E-state index in [1.54, 1.807) is 13.0 Å². The largest absolute Gasteiger partial charge is 0.238 e. The number of aryl methyl sites for hydroxylation is 1. The molecule has 0 aliphatic heterocycles. The summed E-state index contributed by atoms with van der Waals surface area (Å²) in [5.74, 6) is 0. The second-order valence-electron chi connectivity index (χ2n) is 5.21. The van der Waals surface area contributed by atoms with E-state index < -0.39 is 10.0 Å². The zero-order chi connectivity index (χ0) is 12.7. The zero-order valence-corrected chi connectivity index (χ0v) is 11.3. The predicted octanol–water partition coefficient (Wildman–Crippen LogP) is 2.25. The van der Waals surface area contributed by atoms with E-state index in [1.165, 1.54) is 0 Å². The fraction of sp³-hybridized carbons (Fsp3) is 0.500. The van der Waals surface area contributed by atoms with Crippen molar-refractivity contribution in [2.45, 2.75) is 44.9 Å². The first-order valence-electron chi connectivity index (χ1n) is 5.18. The Kier molecular flexibility index (Phi) is 3.18. The Balaban J connectivity index is 3.59. The highest BCUT2D eigenvalue weighted by Gasteiger charge is 2.20. The molecule has 90 valence electrons. The number of sulfonamides is 1.